The van der Waals surface area contributed by atoms with Gasteiger partial charge >= 0.3 is 11.9 Å². The van der Waals surface area contributed by atoms with Gasteiger partial charge in [0.25, 0.3) is 0 Å². The molecule has 132 valence electrons. The lowest BCUT2D eigenvalue weighted by Crippen LogP contribution is -2.66. The molecule has 26 heavy (non-hydrogen) atoms. The molecule has 1 spiro atoms. The second-order valence-electron chi connectivity index (χ2n) is 7.46. The van der Waals surface area contributed by atoms with Gasteiger partial charge in [-0.2, -0.15) is 10.5 Å². The van der Waals surface area contributed by atoms with Crippen molar-refractivity contribution in [2.75, 3.05) is 0 Å². The van der Waals surface area contributed by atoms with E-state index in [-0.39, 0.29) is 0 Å². The Morgan fingerprint density at radius 2 is 1.77 bits per heavy atom. The fourth-order valence-corrected chi connectivity index (χ4v) is 5.33. The number of hydrogen-bond acceptors (Lipinski definition) is 6. The Kier molecular flexibility index (Phi) is 3.24. The summed E-state index contributed by atoms with van der Waals surface area (Å²) >= 11 is 0. The summed E-state index contributed by atoms with van der Waals surface area (Å²) in [6, 6.07) is 4.75. The number of hydrogen-bond donors (Lipinski definition) is 0. The topological polar surface area (TPSA) is 100 Å². The van der Waals surface area contributed by atoms with E-state index in [2.05, 4.69) is 12.1 Å². The Labute approximate surface area is 151 Å². The number of nitriles is 2. The third-order valence-corrected chi connectivity index (χ3v) is 6.25. The molecule has 0 aromatic heterocycles. The van der Waals surface area contributed by atoms with Crippen molar-refractivity contribution in [3.63, 3.8) is 0 Å². The Morgan fingerprint density at radius 1 is 1.08 bits per heavy atom. The van der Waals surface area contributed by atoms with Crippen molar-refractivity contribution in [2.24, 2.45) is 16.2 Å². The van der Waals surface area contributed by atoms with Gasteiger partial charge < -0.3 is 9.47 Å². The van der Waals surface area contributed by atoms with Crippen molar-refractivity contribution in [1.82, 2.24) is 0 Å². The standard InChI is InChI=1S/C20H18N2O4/c1-12(23)25-15-8-14-4-3-5-20-16(26-13(2)24)9-18(20,10-21)6-7-19(15,11-22)17(14)20/h3,5-7,15-16H,4,8-9H2,1-2H3/t15?,16-,18+,19-,20+/m0/s1. The largest absolute Gasteiger partial charge is 0.461 e. The Balaban J connectivity index is 1.93. The number of allylic oxidation sites excluding steroid dienone is 2. The number of nitrogens with zero attached hydrogens (tertiary/aromatic N) is 2. The maximum absolute atomic E-state index is 11.6. The zero-order valence-electron chi connectivity index (χ0n) is 14.6. The first-order chi connectivity index (χ1) is 12.3. The van der Waals surface area contributed by atoms with Gasteiger partial charge in [-0.3, -0.25) is 9.59 Å². The van der Waals surface area contributed by atoms with E-state index in [9.17, 15) is 20.1 Å². The van der Waals surface area contributed by atoms with Crippen LogP contribution in [0.5, 0.6) is 0 Å². The molecule has 1 unspecified atom stereocenters. The lowest BCUT2D eigenvalue weighted by atomic mass is 9.39. The van der Waals surface area contributed by atoms with Crippen molar-refractivity contribution in [1.29, 1.82) is 10.5 Å². The average molecular weight is 350 g/mol. The van der Waals surface area contributed by atoms with Crippen LogP contribution in [0, 0.1) is 38.9 Å². The van der Waals surface area contributed by atoms with Crippen LogP contribution in [0.25, 0.3) is 0 Å². The zero-order valence-corrected chi connectivity index (χ0v) is 14.6. The van der Waals surface area contributed by atoms with E-state index in [4.69, 9.17) is 9.47 Å². The van der Waals surface area contributed by atoms with Crippen molar-refractivity contribution >= 4 is 11.9 Å². The van der Waals surface area contributed by atoms with E-state index in [1.165, 1.54) is 13.8 Å². The molecule has 0 aliphatic heterocycles. The molecule has 4 aliphatic carbocycles. The molecule has 0 heterocycles. The quantitative estimate of drug-likeness (QED) is 0.560. The molecule has 5 atom stereocenters. The van der Waals surface area contributed by atoms with Crippen LogP contribution in [0.2, 0.25) is 0 Å². The normalized spacial score (nSPS) is 41.2. The highest BCUT2D eigenvalue weighted by Gasteiger charge is 2.75. The number of esters is 2. The second kappa shape index (κ2) is 5.08. The molecule has 0 bridgehead atoms. The molecule has 0 radical (unpaired) electrons. The summed E-state index contributed by atoms with van der Waals surface area (Å²) in [7, 11) is 0. The van der Waals surface area contributed by atoms with Gasteiger partial charge in [0.1, 0.15) is 17.6 Å². The molecule has 6 nitrogen and oxygen atoms in total. The molecule has 0 amide bonds. The highest BCUT2D eigenvalue weighted by atomic mass is 16.5. The van der Waals surface area contributed by atoms with E-state index in [1.807, 2.05) is 12.2 Å². The van der Waals surface area contributed by atoms with Gasteiger partial charge in [-0.25, -0.2) is 0 Å². The Morgan fingerprint density at radius 3 is 2.38 bits per heavy atom. The lowest BCUT2D eigenvalue weighted by molar-refractivity contribution is -0.173. The summed E-state index contributed by atoms with van der Waals surface area (Å²) in [5, 5.41) is 20.1. The molecule has 1 saturated carbocycles. The van der Waals surface area contributed by atoms with Crippen molar-refractivity contribution in [3.05, 3.63) is 35.5 Å². The smallest absolute Gasteiger partial charge is 0.302 e. The molecule has 0 N–H and O–H groups in total. The summed E-state index contributed by atoms with van der Waals surface area (Å²) in [4.78, 5) is 23.2. The average Bonchev–Trinajstić information content (AvgIpc) is 2.90. The minimum absolute atomic E-state index is 0.389. The van der Waals surface area contributed by atoms with Gasteiger partial charge in [0.05, 0.1) is 23.0 Å². The monoisotopic (exact) mass is 350 g/mol. The fraction of sp³-hybridized carbons (Fsp3) is 0.500. The highest BCUT2D eigenvalue weighted by Crippen LogP contribution is 2.73. The van der Waals surface area contributed by atoms with Crippen LogP contribution >= 0.6 is 0 Å². The SMILES string of the molecule is CC(=O)OC1CC2=C3[C@]1(C#N)C=C[C@]1(C#N)C[C@H](OC(C)=O)[C@]31C=CC2. The van der Waals surface area contributed by atoms with Gasteiger partial charge in [-0.05, 0) is 12.0 Å². The maximum atomic E-state index is 11.6. The minimum atomic E-state index is -1.12. The van der Waals surface area contributed by atoms with Crippen LogP contribution in [0.1, 0.15) is 33.1 Å². The van der Waals surface area contributed by atoms with Crippen LogP contribution in [0.4, 0.5) is 0 Å². The molecule has 4 aliphatic rings. The molecular formula is C20H18N2O4. The second-order valence-corrected chi connectivity index (χ2v) is 7.46. The first-order valence-corrected chi connectivity index (χ1v) is 8.63. The molecule has 4 rings (SSSR count). The summed E-state index contributed by atoms with van der Waals surface area (Å²) in [6.07, 6.45) is 7.74. The third kappa shape index (κ3) is 1.69. The van der Waals surface area contributed by atoms with Gasteiger partial charge in [-0.15, -0.1) is 0 Å². The summed E-state index contributed by atoms with van der Waals surface area (Å²) in [6.45, 7) is 2.67. The van der Waals surface area contributed by atoms with Gasteiger partial charge in [0.2, 0.25) is 0 Å². The van der Waals surface area contributed by atoms with Crippen LogP contribution in [0.3, 0.4) is 0 Å². The first kappa shape index (κ1) is 16.6. The summed E-state index contributed by atoms with van der Waals surface area (Å²) in [5.74, 6) is -0.856. The van der Waals surface area contributed by atoms with Crippen molar-refractivity contribution in [3.8, 4) is 12.1 Å². The molecular weight excluding hydrogens is 332 g/mol. The summed E-state index contributed by atoms with van der Waals surface area (Å²) < 4.78 is 11.0. The number of rotatable bonds is 2. The van der Waals surface area contributed by atoms with E-state index >= 15 is 0 Å². The molecule has 6 heteroatoms. The lowest BCUT2D eigenvalue weighted by Gasteiger charge is -2.63. The third-order valence-electron chi connectivity index (χ3n) is 6.25. The Bertz CT molecular complexity index is 902. The highest BCUT2D eigenvalue weighted by molar-refractivity contribution is 5.70. The predicted octanol–water partition coefficient (Wildman–Crippen LogP) is 2.49. The molecule has 0 saturated heterocycles. The maximum Gasteiger partial charge on any atom is 0.302 e. The molecule has 0 aromatic carbocycles. The summed E-state index contributed by atoms with van der Waals surface area (Å²) in [5.41, 5.74) is -1.04. The van der Waals surface area contributed by atoms with E-state index in [0.29, 0.717) is 19.3 Å². The van der Waals surface area contributed by atoms with Crippen LogP contribution in [0.15, 0.2) is 35.5 Å². The van der Waals surface area contributed by atoms with Crippen molar-refractivity contribution in [2.45, 2.75) is 45.3 Å². The fourth-order valence-electron chi connectivity index (χ4n) is 5.33. The van der Waals surface area contributed by atoms with Gasteiger partial charge in [-0.1, -0.05) is 29.9 Å². The van der Waals surface area contributed by atoms with E-state index in [0.717, 1.165) is 11.1 Å². The van der Waals surface area contributed by atoms with E-state index in [1.54, 1.807) is 12.2 Å². The van der Waals surface area contributed by atoms with E-state index < -0.39 is 40.4 Å². The number of ether oxygens (including phenoxy) is 2. The zero-order chi connectivity index (χ0) is 18.7. The van der Waals surface area contributed by atoms with Gasteiger partial charge in [0.15, 0.2) is 0 Å². The van der Waals surface area contributed by atoms with Gasteiger partial charge in [0, 0.05) is 26.7 Å². The number of carbonyl (C=O) groups is 2. The molecule has 1 fully saturated rings. The first-order valence-electron chi connectivity index (χ1n) is 8.63. The van der Waals surface area contributed by atoms with Crippen molar-refractivity contribution < 1.29 is 19.1 Å². The predicted molar refractivity (Wildman–Crippen MR) is 88.8 cm³/mol. The van der Waals surface area contributed by atoms with Crippen LogP contribution in [-0.2, 0) is 19.1 Å². The molecule has 0 aromatic rings. The Hall–Kier alpha value is -2.86. The van der Waals surface area contributed by atoms with Crippen LogP contribution < -0.4 is 0 Å². The van der Waals surface area contributed by atoms with Crippen LogP contribution in [-0.4, -0.2) is 24.1 Å². The minimum Gasteiger partial charge on any atom is -0.461 e. The number of carbonyl (C=O) groups excluding carboxylic acids is 2.